The van der Waals surface area contributed by atoms with Gasteiger partial charge in [-0.05, 0) is 67.8 Å². The third-order valence-electron chi connectivity index (χ3n) is 7.95. The average Bonchev–Trinajstić information content (AvgIpc) is 3.53. The van der Waals surface area contributed by atoms with Crippen LogP contribution in [-0.4, -0.2) is 49.9 Å². The molecule has 12 nitrogen and oxygen atoms in total. The number of aryl methyl sites for hydroxylation is 2. The van der Waals surface area contributed by atoms with E-state index in [4.69, 9.17) is 14.9 Å². The van der Waals surface area contributed by atoms with Gasteiger partial charge in [-0.3, -0.25) is 10.1 Å². The molecule has 0 atom stereocenters. The van der Waals surface area contributed by atoms with Gasteiger partial charge in [-0.25, -0.2) is 14.5 Å². The van der Waals surface area contributed by atoms with Gasteiger partial charge in [-0.1, -0.05) is 55.8 Å². The first-order valence-corrected chi connectivity index (χ1v) is 16.2. The minimum atomic E-state index is -0.409. The zero-order chi connectivity index (χ0) is 35.2. The third kappa shape index (κ3) is 7.71. The molecule has 6 aromatic rings. The number of hydrogen-bond donors (Lipinski definition) is 5. The maximum atomic E-state index is 13.4. The van der Waals surface area contributed by atoms with Gasteiger partial charge in [-0.15, -0.1) is 0 Å². The number of nitrogens with zero attached hydrogens (tertiary/aromatic N) is 4. The second-order valence-electron chi connectivity index (χ2n) is 12.0. The maximum absolute atomic E-state index is 13.4. The van der Waals surface area contributed by atoms with Crippen LogP contribution in [0.1, 0.15) is 46.9 Å². The molecule has 3 amide bonds. The highest BCUT2D eigenvalue weighted by atomic mass is 16.5. The summed E-state index contributed by atoms with van der Waals surface area (Å²) in [6.07, 6.45) is 1.59. The zero-order valence-corrected chi connectivity index (χ0v) is 28.2. The molecular weight excluding hydrogens is 632 g/mol. The van der Waals surface area contributed by atoms with Crippen LogP contribution in [0.3, 0.4) is 0 Å². The van der Waals surface area contributed by atoms with Gasteiger partial charge in [0.05, 0.1) is 23.7 Å². The summed E-state index contributed by atoms with van der Waals surface area (Å²) in [6, 6.07) is 27.5. The van der Waals surface area contributed by atoms with Crippen molar-refractivity contribution < 1.29 is 19.4 Å². The number of ether oxygens (including phenoxy) is 1. The molecule has 6 rings (SSSR count). The normalized spacial score (nSPS) is 11.0. The fourth-order valence-electron chi connectivity index (χ4n) is 5.30. The van der Waals surface area contributed by atoms with E-state index in [1.807, 2.05) is 68.4 Å². The van der Waals surface area contributed by atoms with Gasteiger partial charge in [0.1, 0.15) is 11.6 Å². The molecule has 0 bridgehead atoms. The molecular formula is C38H38N8O4. The number of benzene rings is 4. The molecule has 5 N–H and O–H groups in total. The number of amides is 3. The summed E-state index contributed by atoms with van der Waals surface area (Å²) in [5.41, 5.74) is 5.47. The van der Waals surface area contributed by atoms with E-state index in [0.717, 1.165) is 39.0 Å². The van der Waals surface area contributed by atoms with E-state index < -0.39 is 6.03 Å². The average molecular weight is 671 g/mol. The smallest absolute Gasteiger partial charge is 0.324 e. The van der Waals surface area contributed by atoms with E-state index >= 15 is 0 Å². The summed E-state index contributed by atoms with van der Waals surface area (Å²) < 4.78 is 7.98. The van der Waals surface area contributed by atoms with Crippen LogP contribution in [0.15, 0.2) is 97.2 Å². The van der Waals surface area contributed by atoms with Crippen LogP contribution in [-0.2, 0) is 0 Å². The molecule has 0 saturated carbocycles. The van der Waals surface area contributed by atoms with Crippen molar-refractivity contribution >= 4 is 45.9 Å². The van der Waals surface area contributed by atoms with Gasteiger partial charge in [0.25, 0.3) is 5.91 Å². The zero-order valence-electron chi connectivity index (χ0n) is 28.2. The van der Waals surface area contributed by atoms with Crippen LogP contribution < -0.4 is 26.0 Å². The number of aliphatic hydroxyl groups is 1. The number of nitrogens with one attached hydrogen (secondary N) is 4. The highest BCUT2D eigenvalue weighted by molar-refractivity contribution is 6.07. The molecule has 0 unspecified atom stereocenters. The number of rotatable bonds is 11. The number of carbonyl (C=O) groups is 2. The number of hydrogen-bond acceptors (Lipinski definition) is 8. The molecule has 0 radical (unpaired) electrons. The first kappa shape index (κ1) is 33.6. The summed E-state index contributed by atoms with van der Waals surface area (Å²) in [7, 11) is 0. The molecule has 254 valence electrons. The fourth-order valence-corrected chi connectivity index (χ4v) is 5.30. The Morgan fingerprint density at radius 2 is 1.64 bits per heavy atom. The second kappa shape index (κ2) is 14.9. The molecule has 0 fully saturated rings. The van der Waals surface area contributed by atoms with Gasteiger partial charge in [0, 0.05) is 46.9 Å². The molecule has 0 spiro atoms. The Kier molecular flexibility index (Phi) is 10.0. The summed E-state index contributed by atoms with van der Waals surface area (Å²) in [5, 5.41) is 27.1. The van der Waals surface area contributed by atoms with E-state index in [1.165, 1.54) is 0 Å². The Labute approximate surface area is 289 Å². The van der Waals surface area contributed by atoms with E-state index in [-0.39, 0.29) is 25.0 Å². The Hall–Kier alpha value is -6.27. The van der Waals surface area contributed by atoms with Crippen LogP contribution in [0.2, 0.25) is 0 Å². The Bertz CT molecular complexity index is 2160. The topological polar surface area (TPSA) is 155 Å². The number of carbonyl (C=O) groups excluding carboxylic acids is 2. The van der Waals surface area contributed by atoms with Crippen molar-refractivity contribution in [1.29, 1.82) is 0 Å². The Balaban J connectivity index is 1.18. The van der Waals surface area contributed by atoms with Crippen molar-refractivity contribution in [3.05, 3.63) is 120 Å². The van der Waals surface area contributed by atoms with Crippen LogP contribution in [0.4, 0.5) is 27.9 Å². The second-order valence-corrected chi connectivity index (χ2v) is 12.0. The first-order valence-electron chi connectivity index (χ1n) is 16.2. The van der Waals surface area contributed by atoms with E-state index in [1.54, 1.807) is 47.3 Å². The Morgan fingerprint density at radius 3 is 2.38 bits per heavy atom. The standard InChI is InChI=1S/C38H38N8O4/c1-23(2)32-22-34(46(45-32)27-12-9-24(3)10-13-27)43-38(49)42-31-15-16-33(29-8-6-5-7-28(29)31)50-35-17-18-40-37(44-35)41-30-14-11-26(21-25(30)4)36(48)39-19-20-47/h5-18,21-23,47H,19-20H2,1-4H3,(H,39,48)(H,40,41,44)(H2,42,43,49). The van der Waals surface area contributed by atoms with Crippen molar-refractivity contribution in [3.63, 3.8) is 0 Å². The predicted octanol–water partition coefficient (Wildman–Crippen LogP) is 7.46. The van der Waals surface area contributed by atoms with Crippen molar-refractivity contribution in [2.24, 2.45) is 0 Å². The number of anilines is 4. The largest absolute Gasteiger partial charge is 0.438 e. The molecule has 12 heteroatoms. The molecule has 0 aliphatic rings. The quantitative estimate of drug-likeness (QED) is 0.0952. The van der Waals surface area contributed by atoms with Crippen LogP contribution in [0.5, 0.6) is 11.6 Å². The van der Waals surface area contributed by atoms with Crippen molar-refractivity contribution in [2.75, 3.05) is 29.1 Å². The third-order valence-corrected chi connectivity index (χ3v) is 7.95. The van der Waals surface area contributed by atoms with Gasteiger partial charge < -0.3 is 25.8 Å². The number of aliphatic hydroxyl groups excluding tert-OH is 1. The molecule has 50 heavy (non-hydrogen) atoms. The Morgan fingerprint density at radius 1 is 0.880 bits per heavy atom. The lowest BCUT2D eigenvalue weighted by Gasteiger charge is -2.14. The SMILES string of the molecule is Cc1ccc(-n2nc(C(C)C)cc2NC(=O)Nc2ccc(Oc3ccnc(Nc4ccc(C(=O)NCCO)cc4C)n3)c3ccccc23)cc1. The maximum Gasteiger partial charge on any atom is 0.324 e. The number of fused-ring (bicyclic) bond motifs is 1. The molecule has 2 aromatic heterocycles. The lowest BCUT2D eigenvalue weighted by molar-refractivity contribution is 0.0944. The summed E-state index contributed by atoms with van der Waals surface area (Å²) in [5.74, 6) is 1.64. The van der Waals surface area contributed by atoms with Crippen molar-refractivity contribution in [2.45, 2.75) is 33.6 Å². The number of aromatic nitrogens is 4. The van der Waals surface area contributed by atoms with Crippen molar-refractivity contribution in [1.82, 2.24) is 25.1 Å². The summed E-state index contributed by atoms with van der Waals surface area (Å²) in [6.45, 7) is 8.07. The lowest BCUT2D eigenvalue weighted by Crippen LogP contribution is -2.26. The molecule has 0 aliphatic carbocycles. The molecule has 2 heterocycles. The van der Waals surface area contributed by atoms with E-state index in [0.29, 0.717) is 34.6 Å². The minimum absolute atomic E-state index is 0.128. The monoisotopic (exact) mass is 670 g/mol. The van der Waals surface area contributed by atoms with E-state index in [9.17, 15) is 9.59 Å². The van der Waals surface area contributed by atoms with Crippen molar-refractivity contribution in [3.8, 4) is 17.3 Å². The minimum Gasteiger partial charge on any atom is -0.438 e. The van der Waals surface area contributed by atoms with Crippen LogP contribution in [0, 0.1) is 13.8 Å². The van der Waals surface area contributed by atoms with Crippen LogP contribution >= 0.6 is 0 Å². The highest BCUT2D eigenvalue weighted by Crippen LogP contribution is 2.34. The van der Waals surface area contributed by atoms with Gasteiger partial charge >= 0.3 is 6.03 Å². The predicted molar refractivity (Wildman–Crippen MR) is 195 cm³/mol. The highest BCUT2D eigenvalue weighted by Gasteiger charge is 2.17. The van der Waals surface area contributed by atoms with Crippen LogP contribution in [0.25, 0.3) is 16.5 Å². The fraction of sp³-hybridized carbons (Fsp3) is 0.184. The molecule has 0 saturated heterocycles. The summed E-state index contributed by atoms with van der Waals surface area (Å²) >= 11 is 0. The summed E-state index contributed by atoms with van der Waals surface area (Å²) in [4.78, 5) is 34.5. The van der Waals surface area contributed by atoms with Gasteiger partial charge in [0.2, 0.25) is 11.8 Å². The lowest BCUT2D eigenvalue weighted by atomic mass is 10.1. The first-order chi connectivity index (χ1) is 24.2. The van der Waals surface area contributed by atoms with Gasteiger partial charge in [-0.2, -0.15) is 10.1 Å². The van der Waals surface area contributed by atoms with E-state index in [2.05, 4.69) is 45.1 Å². The molecule has 0 aliphatic heterocycles. The number of urea groups is 1. The van der Waals surface area contributed by atoms with Gasteiger partial charge in [0.15, 0.2) is 0 Å². The molecule has 4 aromatic carbocycles.